The highest BCUT2D eigenvalue weighted by Crippen LogP contribution is 2.43. The van der Waals surface area contributed by atoms with Gasteiger partial charge in [0.15, 0.2) is 10.1 Å². The van der Waals surface area contributed by atoms with Crippen molar-refractivity contribution in [3.8, 4) is 21.3 Å². The lowest BCUT2D eigenvalue weighted by Crippen LogP contribution is -2.32. The van der Waals surface area contributed by atoms with Gasteiger partial charge in [0.1, 0.15) is 24.2 Å². The van der Waals surface area contributed by atoms with Gasteiger partial charge in [-0.25, -0.2) is 0 Å². The lowest BCUT2D eigenvalue weighted by Gasteiger charge is -2.16. The molecule has 2 amide bonds. The zero-order valence-corrected chi connectivity index (χ0v) is 31.1. The van der Waals surface area contributed by atoms with Crippen LogP contribution in [0.1, 0.15) is 31.8 Å². The third kappa shape index (κ3) is 9.84. The Balaban J connectivity index is 0.000000274. The van der Waals surface area contributed by atoms with E-state index in [1.54, 1.807) is 6.07 Å². The van der Waals surface area contributed by atoms with Crippen LogP contribution in [0.5, 0.6) is 10.1 Å². The summed E-state index contributed by atoms with van der Waals surface area (Å²) in [6, 6.07) is 5.77. The minimum absolute atomic E-state index is 0.0684. The molecule has 3 aromatic carbocycles. The number of nitrogens with one attached hydrogen (secondary N) is 2. The number of hydrogen-bond donors (Lipinski definition) is 6. The maximum Gasteiger partial charge on any atom is 0.416 e. The molecule has 23 heteroatoms. The summed E-state index contributed by atoms with van der Waals surface area (Å²) < 4.78 is 80.4. The number of benzene rings is 3. The predicted octanol–water partition coefficient (Wildman–Crippen LogP) is 7.34. The van der Waals surface area contributed by atoms with Crippen molar-refractivity contribution in [2.45, 2.75) is 12.4 Å². The van der Waals surface area contributed by atoms with E-state index in [0.717, 1.165) is 23.5 Å². The second-order valence-corrected chi connectivity index (χ2v) is 14.5. The van der Waals surface area contributed by atoms with Gasteiger partial charge in [-0.3, -0.25) is 28.8 Å². The third-order valence-electron chi connectivity index (χ3n) is 6.98. The molecule has 0 saturated carbocycles. The highest BCUT2D eigenvalue weighted by Gasteiger charge is 2.37. The number of carbonyl (C=O) groups is 4. The molecule has 0 aliphatic rings. The van der Waals surface area contributed by atoms with Crippen molar-refractivity contribution in [1.29, 1.82) is 0 Å². The van der Waals surface area contributed by atoms with Crippen molar-refractivity contribution >= 4 is 106 Å². The highest BCUT2D eigenvalue weighted by atomic mass is 79.9. The number of halogens is 9. The number of alkyl halides is 6. The molecule has 0 spiro atoms. The van der Waals surface area contributed by atoms with Gasteiger partial charge in [0, 0.05) is 35.6 Å². The van der Waals surface area contributed by atoms with Crippen LogP contribution in [0.25, 0.3) is 31.3 Å². The number of carbonyl (C=O) groups excluding carboxylic acids is 2. The Hall–Kier alpha value is -4.96. The first kappa shape index (κ1) is 42.8. The molecule has 6 N–H and O–H groups in total. The molecule has 290 valence electrons. The maximum atomic E-state index is 13.3. The largest absolute Gasteiger partial charge is 0.499 e. The summed E-state index contributed by atoms with van der Waals surface area (Å²) in [5.41, 5.74) is -7.34. The number of fused-ring (bicyclic) bond motifs is 2. The first-order chi connectivity index (χ1) is 25.4. The van der Waals surface area contributed by atoms with Crippen molar-refractivity contribution in [3.63, 3.8) is 0 Å². The molecular formula is C32H17BrCl2F6N2O10S2. The number of aliphatic carboxylic acids is 2. The third-order valence-corrected chi connectivity index (χ3v) is 10.4. The first-order valence-electron chi connectivity index (χ1n) is 14.3. The van der Waals surface area contributed by atoms with E-state index in [-0.39, 0.29) is 32.1 Å². The van der Waals surface area contributed by atoms with E-state index in [9.17, 15) is 65.3 Å². The minimum atomic E-state index is -5.13. The van der Waals surface area contributed by atoms with Crippen LogP contribution in [0.4, 0.5) is 26.3 Å². The first-order valence-corrected chi connectivity index (χ1v) is 17.5. The topological polar surface area (TPSA) is 207 Å². The van der Waals surface area contributed by atoms with Crippen LogP contribution >= 0.6 is 61.8 Å². The van der Waals surface area contributed by atoms with Gasteiger partial charge in [-0.05, 0) is 64.0 Å². The number of hydrogen-bond acceptors (Lipinski definition) is 10. The summed E-state index contributed by atoms with van der Waals surface area (Å²) >= 11 is 16.2. The van der Waals surface area contributed by atoms with Crippen LogP contribution in [-0.4, -0.2) is 57.3 Å². The molecule has 0 aliphatic carbocycles. The number of aromatic hydroxyl groups is 2. The lowest BCUT2D eigenvalue weighted by atomic mass is 9.98. The average Bonchev–Trinajstić information content (AvgIpc) is 3.06. The molecule has 5 aromatic rings. The minimum Gasteiger partial charge on any atom is -0.499 e. The summed E-state index contributed by atoms with van der Waals surface area (Å²) in [5, 5.41) is 39.6. The van der Waals surface area contributed by atoms with E-state index in [1.807, 2.05) is 10.6 Å². The van der Waals surface area contributed by atoms with Gasteiger partial charge in [-0.15, -0.1) is 0 Å². The number of carboxylic acid groups (broad SMARTS) is 2. The Kier molecular flexibility index (Phi) is 12.8. The summed E-state index contributed by atoms with van der Waals surface area (Å²) in [4.78, 5) is 70.2. The Labute approximate surface area is 327 Å². The molecule has 0 unspecified atom stereocenters. The molecule has 2 aromatic heterocycles. The van der Waals surface area contributed by atoms with Crippen LogP contribution in [-0.2, 0) is 21.9 Å². The van der Waals surface area contributed by atoms with Gasteiger partial charge >= 0.3 is 24.3 Å². The monoisotopic (exact) mass is 916 g/mol. The quantitative estimate of drug-likeness (QED) is 0.0896. The zero-order valence-electron chi connectivity index (χ0n) is 26.4. The van der Waals surface area contributed by atoms with Crippen LogP contribution in [0.15, 0.2) is 56.5 Å². The van der Waals surface area contributed by atoms with Gasteiger partial charge in [-0.2, -0.15) is 26.3 Å². The molecule has 0 bridgehead atoms. The van der Waals surface area contributed by atoms with E-state index in [1.165, 1.54) is 6.07 Å². The smallest absolute Gasteiger partial charge is 0.416 e. The molecule has 0 fully saturated rings. The lowest BCUT2D eigenvalue weighted by molar-refractivity contribution is -0.143. The molecule has 12 nitrogen and oxygen atoms in total. The molecule has 2 heterocycles. The number of carboxylic acids is 2. The van der Waals surface area contributed by atoms with Crippen LogP contribution in [0, 0.1) is 0 Å². The molecule has 0 aliphatic heterocycles. The SMILES string of the molecule is O=C(O)CNC(=O)c1c(O)sc2c(-c3cc(C(F)(F)F)cc(C(F)(F)F)c3)cc(Cl)cc2c1=O.O=C(O)CNC(=O)c1c(O)sc2c(Br)cc(Cl)cc2c1=O. The fraction of sp³-hybridized carbons (Fsp3) is 0.125. The Bertz CT molecular complexity index is 2510. The molecule has 0 radical (unpaired) electrons. The summed E-state index contributed by atoms with van der Waals surface area (Å²) in [6.45, 7) is -1.54. The molecule has 0 saturated heterocycles. The molecule has 0 atom stereocenters. The van der Waals surface area contributed by atoms with E-state index in [4.69, 9.17) is 33.4 Å². The summed E-state index contributed by atoms with van der Waals surface area (Å²) in [6.07, 6.45) is -10.3. The normalized spacial score (nSPS) is 11.5. The number of rotatable bonds is 7. The Morgan fingerprint density at radius 2 is 1.05 bits per heavy atom. The van der Waals surface area contributed by atoms with E-state index in [2.05, 4.69) is 15.9 Å². The Morgan fingerprint density at radius 1 is 0.655 bits per heavy atom. The van der Waals surface area contributed by atoms with Gasteiger partial charge in [0.2, 0.25) is 10.9 Å². The van der Waals surface area contributed by atoms with Crippen molar-refractivity contribution in [2.24, 2.45) is 0 Å². The van der Waals surface area contributed by atoms with E-state index >= 15 is 0 Å². The maximum absolute atomic E-state index is 13.3. The predicted molar refractivity (Wildman–Crippen MR) is 193 cm³/mol. The van der Waals surface area contributed by atoms with E-state index < -0.39 is 98.0 Å². The molecular weight excluding hydrogens is 901 g/mol. The van der Waals surface area contributed by atoms with Crippen LogP contribution in [0.3, 0.4) is 0 Å². The fourth-order valence-electron chi connectivity index (χ4n) is 4.68. The molecule has 55 heavy (non-hydrogen) atoms. The van der Waals surface area contributed by atoms with Gasteiger partial charge in [0.25, 0.3) is 11.8 Å². The average molecular weight is 918 g/mol. The Morgan fingerprint density at radius 3 is 1.47 bits per heavy atom. The van der Waals surface area contributed by atoms with Crippen molar-refractivity contribution in [1.82, 2.24) is 10.6 Å². The summed E-state index contributed by atoms with van der Waals surface area (Å²) in [7, 11) is 0. The summed E-state index contributed by atoms with van der Waals surface area (Å²) in [5.74, 6) is -4.90. The van der Waals surface area contributed by atoms with Crippen molar-refractivity contribution in [3.05, 3.63) is 99.7 Å². The van der Waals surface area contributed by atoms with E-state index in [0.29, 0.717) is 37.7 Å². The van der Waals surface area contributed by atoms with Crippen molar-refractivity contribution < 1.29 is 65.9 Å². The number of amides is 2. The molecule has 5 rings (SSSR count). The highest BCUT2D eigenvalue weighted by molar-refractivity contribution is 9.10. The fourth-order valence-corrected chi connectivity index (χ4v) is 7.88. The zero-order chi connectivity index (χ0) is 41.3. The second kappa shape index (κ2) is 16.4. The van der Waals surface area contributed by atoms with Crippen LogP contribution < -0.4 is 21.5 Å². The van der Waals surface area contributed by atoms with Gasteiger partial charge in [0.05, 0.1) is 15.8 Å². The van der Waals surface area contributed by atoms with Crippen LogP contribution in [0.2, 0.25) is 10.0 Å². The standard InChI is InChI=1S/C20H10ClF6NO5S.C12H7BrClNO5S/c21-10-4-11(7-1-8(19(22,23)24)3-9(2-7)20(25,26)27)16-12(5-10)15(31)14(18(33)34-16)17(32)28-6-13(29)30;13-6-2-4(14)1-5-9(18)8(12(20)21-10(5)6)11(19)15-3-7(16)17/h1-5,33H,6H2,(H,28,32)(H,29,30);1-2,20H,3H2,(H,15,19)(H,16,17). The van der Waals surface area contributed by atoms with Gasteiger partial charge < -0.3 is 31.1 Å². The second-order valence-electron chi connectivity index (χ2n) is 10.8. The van der Waals surface area contributed by atoms with Crippen molar-refractivity contribution in [2.75, 3.05) is 13.1 Å². The van der Waals surface area contributed by atoms with Gasteiger partial charge in [-0.1, -0.05) is 45.9 Å².